The van der Waals surface area contributed by atoms with Crippen molar-refractivity contribution in [2.45, 2.75) is 19.3 Å². The molecular weight excluding hydrogens is 390 g/mol. The van der Waals surface area contributed by atoms with Crippen LogP contribution in [0.15, 0.2) is 64.8 Å². The minimum Gasteiger partial charge on any atom is -0.461 e. The molecule has 0 spiro atoms. The maximum Gasteiger partial charge on any atom is 0.359 e. The average molecular weight is 409 g/mol. The third-order valence-electron chi connectivity index (χ3n) is 4.31. The van der Waals surface area contributed by atoms with Gasteiger partial charge in [-0.05, 0) is 12.5 Å². The molecule has 1 aliphatic heterocycles. The van der Waals surface area contributed by atoms with Crippen LogP contribution < -0.4 is 10.9 Å². The first-order valence-corrected chi connectivity index (χ1v) is 9.17. The van der Waals surface area contributed by atoms with Gasteiger partial charge in [0.2, 0.25) is 5.91 Å². The third-order valence-corrected chi connectivity index (χ3v) is 4.31. The predicted molar refractivity (Wildman–Crippen MR) is 109 cm³/mol. The molecule has 1 heterocycles. The molecule has 1 aliphatic rings. The molecule has 3 rings (SSSR count). The molecule has 1 saturated heterocycles. The molecule has 1 atom stereocenters. The molecule has 0 radical (unpaired) electrons. The Morgan fingerprint density at radius 2 is 1.97 bits per heavy atom. The maximum atomic E-state index is 12.4. The summed E-state index contributed by atoms with van der Waals surface area (Å²) in [5, 5.41) is 19.2. The quantitative estimate of drug-likeness (QED) is 0.324. The second-order valence-electron chi connectivity index (χ2n) is 6.30. The van der Waals surface area contributed by atoms with Crippen molar-refractivity contribution in [1.29, 1.82) is 0 Å². The van der Waals surface area contributed by atoms with Gasteiger partial charge in [0.15, 0.2) is 11.5 Å². The number of nitrogens with zero attached hydrogens (tertiary/aromatic N) is 3. The number of hydrazine groups is 1. The van der Waals surface area contributed by atoms with Crippen LogP contribution in [-0.2, 0) is 14.3 Å². The van der Waals surface area contributed by atoms with Crippen LogP contribution in [0.2, 0.25) is 0 Å². The molecule has 1 unspecified atom stereocenters. The Balaban J connectivity index is 2.02. The van der Waals surface area contributed by atoms with Crippen LogP contribution in [0.25, 0.3) is 0 Å². The Hall–Kier alpha value is -4.08. The molecule has 1 fully saturated rings. The summed E-state index contributed by atoms with van der Waals surface area (Å²) in [6, 6.07) is 14.7. The van der Waals surface area contributed by atoms with E-state index < -0.39 is 16.8 Å². The maximum absolute atomic E-state index is 12.4. The summed E-state index contributed by atoms with van der Waals surface area (Å²) < 4.78 is 5.03. The van der Waals surface area contributed by atoms with E-state index in [9.17, 15) is 19.7 Å². The van der Waals surface area contributed by atoms with Gasteiger partial charge in [-0.1, -0.05) is 42.5 Å². The Morgan fingerprint density at radius 3 is 2.67 bits per heavy atom. The van der Waals surface area contributed by atoms with Gasteiger partial charge in [0, 0.05) is 24.1 Å². The molecule has 0 aliphatic carbocycles. The van der Waals surface area contributed by atoms with Crippen LogP contribution in [0.5, 0.6) is 0 Å². The van der Waals surface area contributed by atoms with Gasteiger partial charge in [-0.3, -0.25) is 25.8 Å². The normalized spacial score (nSPS) is 17.8. The lowest BCUT2D eigenvalue weighted by molar-refractivity contribution is -0.384. The number of nitrogens with one attached hydrogen (secondary N) is 2. The van der Waals surface area contributed by atoms with Crippen molar-refractivity contribution in [3.8, 4) is 0 Å². The summed E-state index contributed by atoms with van der Waals surface area (Å²) in [5.74, 6) is -1.04. The SMILES string of the molecule is CCOC(=O)/C(=N\N=C1/NNC(=O)CC1c1ccccc1)c1cccc([N+](=O)[O-])c1. The van der Waals surface area contributed by atoms with E-state index in [1.807, 2.05) is 30.3 Å². The lowest BCUT2D eigenvalue weighted by Gasteiger charge is -2.25. The van der Waals surface area contributed by atoms with E-state index in [-0.39, 0.29) is 35.9 Å². The largest absolute Gasteiger partial charge is 0.461 e. The number of carbonyl (C=O) groups is 2. The van der Waals surface area contributed by atoms with Crippen LogP contribution in [0.4, 0.5) is 5.69 Å². The van der Waals surface area contributed by atoms with Crippen molar-refractivity contribution in [3.63, 3.8) is 0 Å². The fourth-order valence-electron chi connectivity index (χ4n) is 2.90. The summed E-state index contributed by atoms with van der Waals surface area (Å²) in [5.41, 5.74) is 5.86. The zero-order chi connectivity index (χ0) is 21.5. The van der Waals surface area contributed by atoms with Gasteiger partial charge in [-0.2, -0.15) is 0 Å². The molecule has 0 bridgehead atoms. The molecule has 0 saturated carbocycles. The number of nitro groups is 1. The Morgan fingerprint density at radius 1 is 1.20 bits per heavy atom. The average Bonchev–Trinajstić information content (AvgIpc) is 2.76. The van der Waals surface area contributed by atoms with E-state index in [0.29, 0.717) is 5.84 Å². The first-order valence-electron chi connectivity index (χ1n) is 9.17. The van der Waals surface area contributed by atoms with Gasteiger partial charge in [-0.15, -0.1) is 10.2 Å². The van der Waals surface area contributed by atoms with Crippen molar-refractivity contribution in [1.82, 2.24) is 10.9 Å². The number of esters is 1. The van der Waals surface area contributed by atoms with Crippen molar-refractivity contribution in [2.75, 3.05) is 6.61 Å². The fourth-order valence-corrected chi connectivity index (χ4v) is 2.90. The zero-order valence-electron chi connectivity index (χ0n) is 16.1. The summed E-state index contributed by atoms with van der Waals surface area (Å²) in [6.45, 7) is 1.74. The minimum absolute atomic E-state index is 0.101. The fraction of sp³-hybridized carbons (Fsp3) is 0.200. The molecule has 10 nitrogen and oxygen atoms in total. The number of benzene rings is 2. The summed E-state index contributed by atoms with van der Waals surface area (Å²) >= 11 is 0. The predicted octanol–water partition coefficient (Wildman–Crippen LogP) is 2.07. The van der Waals surface area contributed by atoms with E-state index in [2.05, 4.69) is 21.1 Å². The van der Waals surface area contributed by atoms with Crippen molar-refractivity contribution in [2.24, 2.45) is 10.2 Å². The smallest absolute Gasteiger partial charge is 0.359 e. The van der Waals surface area contributed by atoms with E-state index in [1.165, 1.54) is 24.3 Å². The van der Waals surface area contributed by atoms with Gasteiger partial charge in [0.25, 0.3) is 5.69 Å². The van der Waals surface area contributed by atoms with Crippen molar-refractivity contribution < 1.29 is 19.2 Å². The number of ether oxygens (including phenoxy) is 1. The van der Waals surface area contributed by atoms with Crippen LogP contribution in [0.1, 0.15) is 30.4 Å². The molecule has 1 amide bonds. The first kappa shape index (κ1) is 20.6. The van der Waals surface area contributed by atoms with E-state index >= 15 is 0 Å². The Kier molecular flexibility index (Phi) is 6.48. The third kappa shape index (κ3) is 4.85. The van der Waals surface area contributed by atoms with Crippen molar-refractivity contribution in [3.05, 3.63) is 75.8 Å². The number of hydrogen-bond donors (Lipinski definition) is 2. The van der Waals surface area contributed by atoms with Crippen LogP contribution in [0.3, 0.4) is 0 Å². The first-order chi connectivity index (χ1) is 14.5. The number of amides is 1. The zero-order valence-corrected chi connectivity index (χ0v) is 16.1. The number of amidine groups is 1. The number of carbonyl (C=O) groups excluding carboxylic acids is 2. The van der Waals surface area contributed by atoms with Gasteiger partial charge < -0.3 is 4.74 Å². The van der Waals surface area contributed by atoms with E-state index in [0.717, 1.165) is 5.56 Å². The number of non-ortho nitro benzene ring substituents is 1. The second-order valence-corrected chi connectivity index (χ2v) is 6.30. The van der Waals surface area contributed by atoms with Crippen LogP contribution in [-0.4, -0.2) is 35.0 Å². The van der Waals surface area contributed by atoms with Crippen LogP contribution >= 0.6 is 0 Å². The molecule has 10 heteroatoms. The Labute approximate surface area is 171 Å². The monoisotopic (exact) mass is 409 g/mol. The number of rotatable bonds is 6. The highest BCUT2D eigenvalue weighted by molar-refractivity contribution is 6.43. The highest BCUT2D eigenvalue weighted by atomic mass is 16.6. The topological polar surface area (TPSA) is 135 Å². The molecule has 2 aromatic rings. The highest BCUT2D eigenvalue weighted by Crippen LogP contribution is 2.23. The molecule has 0 aromatic heterocycles. The Bertz CT molecular complexity index is 1020. The van der Waals surface area contributed by atoms with Crippen molar-refractivity contribution >= 4 is 29.1 Å². The lowest BCUT2D eigenvalue weighted by atomic mass is 9.93. The standard InChI is InChI=1S/C20H19N5O5/c1-2-30-20(27)18(14-9-6-10-15(11-14)25(28)29)22-24-19-16(12-17(26)21-23-19)13-7-4-3-5-8-13/h3-11,16H,2,12H2,1H3,(H,21,26)(H,23,24)/b22-18-. The molecule has 30 heavy (non-hydrogen) atoms. The number of nitro benzene ring substituents is 1. The summed E-state index contributed by atoms with van der Waals surface area (Å²) in [6.07, 6.45) is 0.150. The molecule has 154 valence electrons. The summed E-state index contributed by atoms with van der Waals surface area (Å²) in [7, 11) is 0. The second kappa shape index (κ2) is 9.41. The van der Waals surface area contributed by atoms with Gasteiger partial charge in [0.05, 0.1) is 17.4 Å². The van der Waals surface area contributed by atoms with E-state index in [4.69, 9.17) is 4.74 Å². The van der Waals surface area contributed by atoms with E-state index in [1.54, 1.807) is 6.92 Å². The van der Waals surface area contributed by atoms with Gasteiger partial charge in [0.1, 0.15) is 0 Å². The molecule has 2 N–H and O–H groups in total. The highest BCUT2D eigenvalue weighted by Gasteiger charge is 2.27. The van der Waals surface area contributed by atoms with Gasteiger partial charge in [-0.25, -0.2) is 4.79 Å². The molecule has 2 aromatic carbocycles. The lowest BCUT2D eigenvalue weighted by Crippen LogP contribution is -2.50. The molecular formula is C20H19N5O5. The van der Waals surface area contributed by atoms with Gasteiger partial charge >= 0.3 is 5.97 Å². The van der Waals surface area contributed by atoms with Crippen LogP contribution in [0, 0.1) is 10.1 Å². The minimum atomic E-state index is -0.765. The number of hydrogen-bond acceptors (Lipinski definition) is 7. The summed E-state index contributed by atoms with van der Waals surface area (Å²) in [4.78, 5) is 34.8.